The quantitative estimate of drug-likeness (QED) is 0.659. The van der Waals surface area contributed by atoms with Crippen molar-refractivity contribution in [3.8, 4) is 0 Å². The SMILES string of the molecule is C=C1CC/C=C(\C)CC[C@@H]2C[C@@H](O)[C@](C)(CC[C@H]1O)OC2(C)C. The Bertz CT molecular complexity index is 466. The fourth-order valence-electron chi connectivity index (χ4n) is 4.04. The van der Waals surface area contributed by atoms with E-state index in [-0.39, 0.29) is 5.60 Å². The van der Waals surface area contributed by atoms with E-state index in [0.717, 1.165) is 37.7 Å². The van der Waals surface area contributed by atoms with Gasteiger partial charge in [0, 0.05) is 0 Å². The highest BCUT2D eigenvalue weighted by molar-refractivity contribution is 5.08. The van der Waals surface area contributed by atoms with Crippen LogP contribution in [-0.2, 0) is 4.74 Å². The predicted octanol–water partition coefficient (Wildman–Crippen LogP) is 4.14. The minimum Gasteiger partial charge on any atom is -0.390 e. The number of hydrogen-bond acceptors (Lipinski definition) is 3. The molecular formula is C20H34O3. The van der Waals surface area contributed by atoms with Gasteiger partial charge in [0.2, 0.25) is 0 Å². The summed E-state index contributed by atoms with van der Waals surface area (Å²) in [5.41, 5.74) is 1.43. The number of fused-ring (bicyclic) bond motifs is 10. The van der Waals surface area contributed by atoms with Gasteiger partial charge >= 0.3 is 0 Å². The molecule has 0 spiro atoms. The molecule has 23 heavy (non-hydrogen) atoms. The zero-order valence-corrected chi connectivity index (χ0v) is 15.3. The van der Waals surface area contributed by atoms with Gasteiger partial charge in [-0.25, -0.2) is 0 Å². The second-order valence-electron chi connectivity index (χ2n) is 8.31. The molecule has 3 rings (SSSR count). The lowest BCUT2D eigenvalue weighted by atomic mass is 9.73. The molecule has 2 N–H and O–H groups in total. The maximum atomic E-state index is 10.7. The highest BCUT2D eigenvalue weighted by atomic mass is 16.5. The van der Waals surface area contributed by atoms with Gasteiger partial charge < -0.3 is 14.9 Å². The van der Waals surface area contributed by atoms with Crippen LogP contribution in [0.3, 0.4) is 0 Å². The van der Waals surface area contributed by atoms with E-state index in [1.807, 2.05) is 6.92 Å². The van der Waals surface area contributed by atoms with E-state index < -0.39 is 17.8 Å². The van der Waals surface area contributed by atoms with Crippen LogP contribution >= 0.6 is 0 Å². The molecule has 2 bridgehead atoms. The van der Waals surface area contributed by atoms with E-state index >= 15 is 0 Å². The second-order valence-corrected chi connectivity index (χ2v) is 8.31. The minimum atomic E-state index is -0.587. The Hall–Kier alpha value is -0.640. The van der Waals surface area contributed by atoms with Gasteiger partial charge in [0.15, 0.2) is 0 Å². The smallest absolute Gasteiger partial charge is 0.0920 e. The number of rotatable bonds is 0. The van der Waals surface area contributed by atoms with Crippen LogP contribution in [0.25, 0.3) is 0 Å². The number of allylic oxidation sites excluding steroid dienone is 2. The van der Waals surface area contributed by atoms with Crippen molar-refractivity contribution >= 4 is 0 Å². The zero-order valence-electron chi connectivity index (χ0n) is 15.3. The molecule has 2 heterocycles. The van der Waals surface area contributed by atoms with Crippen molar-refractivity contribution in [1.82, 2.24) is 0 Å². The van der Waals surface area contributed by atoms with Crippen LogP contribution in [-0.4, -0.2) is 33.6 Å². The lowest BCUT2D eigenvalue weighted by Gasteiger charge is -2.51. The molecule has 1 saturated heterocycles. The topological polar surface area (TPSA) is 49.7 Å². The highest BCUT2D eigenvalue weighted by Crippen LogP contribution is 2.44. The third-order valence-electron chi connectivity index (χ3n) is 5.92. The Balaban J connectivity index is 2.24. The molecule has 0 unspecified atom stereocenters. The van der Waals surface area contributed by atoms with Crippen LogP contribution in [0, 0.1) is 5.92 Å². The zero-order chi connectivity index (χ0) is 17.3. The van der Waals surface area contributed by atoms with Crippen LogP contribution in [0.5, 0.6) is 0 Å². The predicted molar refractivity (Wildman–Crippen MR) is 94.3 cm³/mol. The molecule has 132 valence electrons. The lowest BCUT2D eigenvalue weighted by molar-refractivity contribution is -0.245. The number of ether oxygens (including phenoxy) is 1. The van der Waals surface area contributed by atoms with Gasteiger partial charge in [0.1, 0.15) is 0 Å². The largest absolute Gasteiger partial charge is 0.390 e. The monoisotopic (exact) mass is 322 g/mol. The Labute approximate surface area is 141 Å². The molecule has 3 aliphatic rings. The number of aliphatic hydroxyl groups excluding tert-OH is 2. The summed E-state index contributed by atoms with van der Waals surface area (Å²) in [7, 11) is 0. The van der Waals surface area contributed by atoms with E-state index in [4.69, 9.17) is 4.74 Å². The van der Waals surface area contributed by atoms with E-state index in [0.29, 0.717) is 18.8 Å². The fourth-order valence-corrected chi connectivity index (χ4v) is 4.04. The van der Waals surface area contributed by atoms with E-state index in [9.17, 15) is 10.2 Å². The van der Waals surface area contributed by atoms with Gasteiger partial charge in [-0.3, -0.25) is 0 Å². The molecule has 0 radical (unpaired) electrons. The fraction of sp³-hybridized carbons (Fsp3) is 0.800. The van der Waals surface area contributed by atoms with Crippen molar-refractivity contribution in [2.75, 3.05) is 0 Å². The summed E-state index contributed by atoms with van der Waals surface area (Å²) in [5.74, 6) is 0.358. The Kier molecular flexibility index (Phi) is 5.76. The normalized spacial score (nSPS) is 41.9. The van der Waals surface area contributed by atoms with Crippen LogP contribution in [0.4, 0.5) is 0 Å². The first-order chi connectivity index (χ1) is 10.6. The third-order valence-corrected chi connectivity index (χ3v) is 5.92. The van der Waals surface area contributed by atoms with Crippen molar-refractivity contribution in [3.05, 3.63) is 23.8 Å². The van der Waals surface area contributed by atoms with Gasteiger partial charge in [-0.2, -0.15) is 0 Å². The van der Waals surface area contributed by atoms with Gasteiger partial charge in [-0.15, -0.1) is 0 Å². The van der Waals surface area contributed by atoms with Crippen molar-refractivity contribution in [2.24, 2.45) is 5.92 Å². The minimum absolute atomic E-state index is 0.250. The van der Waals surface area contributed by atoms with Crippen LogP contribution in [0.2, 0.25) is 0 Å². The van der Waals surface area contributed by atoms with E-state index in [1.54, 1.807) is 0 Å². The Morgan fingerprint density at radius 3 is 2.57 bits per heavy atom. The first kappa shape index (κ1) is 18.7. The summed E-state index contributed by atoms with van der Waals surface area (Å²) < 4.78 is 6.39. The molecule has 2 aliphatic heterocycles. The highest BCUT2D eigenvalue weighted by Gasteiger charge is 2.48. The number of aliphatic hydroxyl groups is 2. The van der Waals surface area contributed by atoms with Crippen LogP contribution in [0.1, 0.15) is 72.6 Å². The first-order valence-electron chi connectivity index (χ1n) is 9.03. The van der Waals surface area contributed by atoms with Crippen LogP contribution in [0.15, 0.2) is 23.8 Å². The second kappa shape index (κ2) is 7.08. The van der Waals surface area contributed by atoms with Crippen molar-refractivity contribution < 1.29 is 14.9 Å². The summed E-state index contributed by atoms with van der Waals surface area (Å²) in [6, 6.07) is 0. The molecule has 0 aromatic heterocycles. The first-order valence-corrected chi connectivity index (χ1v) is 9.03. The molecule has 0 aromatic rings. The van der Waals surface area contributed by atoms with Gasteiger partial charge in [-0.1, -0.05) is 18.2 Å². The van der Waals surface area contributed by atoms with Gasteiger partial charge in [0.25, 0.3) is 0 Å². The molecule has 0 amide bonds. The lowest BCUT2D eigenvalue weighted by Crippen LogP contribution is -2.57. The van der Waals surface area contributed by atoms with E-state index in [1.165, 1.54) is 5.57 Å². The average Bonchev–Trinajstić information content (AvgIpc) is 2.46. The molecule has 1 aliphatic carbocycles. The maximum absolute atomic E-state index is 10.7. The molecule has 3 heteroatoms. The summed E-state index contributed by atoms with van der Waals surface area (Å²) in [4.78, 5) is 0. The summed E-state index contributed by atoms with van der Waals surface area (Å²) in [5, 5.41) is 21.0. The van der Waals surface area contributed by atoms with Gasteiger partial charge in [-0.05, 0) is 84.1 Å². The van der Waals surface area contributed by atoms with Crippen LogP contribution < -0.4 is 0 Å². The molecule has 0 saturated carbocycles. The number of hydrogen-bond donors (Lipinski definition) is 2. The average molecular weight is 322 g/mol. The summed E-state index contributed by atoms with van der Waals surface area (Å²) in [6.07, 6.45) is 7.15. The Morgan fingerprint density at radius 1 is 1.17 bits per heavy atom. The molecule has 0 aromatic carbocycles. The molecule has 4 atom stereocenters. The summed E-state index contributed by atoms with van der Waals surface area (Å²) >= 11 is 0. The molecule has 3 nitrogen and oxygen atoms in total. The Morgan fingerprint density at radius 2 is 1.87 bits per heavy atom. The molecular weight excluding hydrogens is 288 g/mol. The van der Waals surface area contributed by atoms with Crippen molar-refractivity contribution in [1.29, 1.82) is 0 Å². The van der Waals surface area contributed by atoms with Gasteiger partial charge in [0.05, 0.1) is 23.4 Å². The van der Waals surface area contributed by atoms with Crippen molar-refractivity contribution in [3.63, 3.8) is 0 Å². The van der Waals surface area contributed by atoms with Crippen molar-refractivity contribution in [2.45, 2.75) is 96.1 Å². The standard InChI is InChI=1S/C20H34O3/c1-14-7-6-8-15(2)17(21)11-12-20(5)18(22)13-16(10-9-14)19(3,4)23-20/h7,16-18,21-22H,2,6,8-13H2,1,3-5H3/b14-7+/t16-,17-,18-,20+/m1/s1. The third kappa shape index (κ3) is 4.46. The summed E-state index contributed by atoms with van der Waals surface area (Å²) in [6.45, 7) is 12.5. The molecule has 1 fully saturated rings. The maximum Gasteiger partial charge on any atom is 0.0920 e. The van der Waals surface area contributed by atoms with E-state index in [2.05, 4.69) is 33.4 Å².